The maximum absolute atomic E-state index is 9.97. The Labute approximate surface area is 179 Å². The molecule has 0 radical (unpaired) electrons. The van der Waals surface area contributed by atoms with Crippen molar-refractivity contribution in [2.45, 2.75) is 18.4 Å². The minimum atomic E-state index is 0.221. The number of nitrogens with one attached hydrogen (secondary N) is 1. The monoisotopic (exact) mass is 444 g/mol. The van der Waals surface area contributed by atoms with Gasteiger partial charge in [-0.1, -0.05) is 58.4 Å². The van der Waals surface area contributed by atoms with Crippen molar-refractivity contribution in [1.29, 1.82) is 0 Å². The van der Waals surface area contributed by atoms with Crippen LogP contribution in [-0.2, 0) is 0 Å². The summed E-state index contributed by atoms with van der Waals surface area (Å²) in [5, 5.41) is 13.7. The standard InChI is InChI=1S/C25H21BrN2O/c26-18-10-13-24(29)17(14-18)15-27-19-11-8-16(9-12-19)25-22-6-3-5-20(22)21-4-1-2-7-23(21)28-25/h1-5,7-15,20,22,25,28-29H,6H2/t20-,22-,25+/m1/s1. The van der Waals surface area contributed by atoms with Crippen LogP contribution in [0.25, 0.3) is 0 Å². The summed E-state index contributed by atoms with van der Waals surface area (Å²) in [5.41, 5.74) is 5.47. The number of phenols is 1. The fraction of sp³-hybridized carbons (Fsp3) is 0.160. The molecular formula is C25H21BrN2O. The summed E-state index contributed by atoms with van der Waals surface area (Å²) < 4.78 is 0.912. The second kappa shape index (κ2) is 7.53. The number of phenolic OH excluding ortho intramolecular Hbond substituents is 1. The van der Waals surface area contributed by atoms with Gasteiger partial charge in [0.2, 0.25) is 0 Å². The van der Waals surface area contributed by atoms with E-state index in [1.807, 2.05) is 24.3 Å². The Bertz CT molecular complexity index is 1100. The van der Waals surface area contributed by atoms with Crippen LogP contribution in [0.4, 0.5) is 11.4 Å². The number of hydrogen-bond acceptors (Lipinski definition) is 3. The van der Waals surface area contributed by atoms with Crippen molar-refractivity contribution in [1.82, 2.24) is 0 Å². The van der Waals surface area contributed by atoms with E-state index >= 15 is 0 Å². The largest absolute Gasteiger partial charge is 0.507 e. The van der Waals surface area contributed by atoms with Crippen LogP contribution in [0.2, 0.25) is 0 Å². The molecule has 3 aromatic carbocycles. The van der Waals surface area contributed by atoms with Gasteiger partial charge in [-0.05, 0) is 59.9 Å². The number of allylic oxidation sites excluding steroid dienone is 2. The van der Waals surface area contributed by atoms with Crippen molar-refractivity contribution < 1.29 is 5.11 Å². The highest BCUT2D eigenvalue weighted by Gasteiger charge is 2.37. The van der Waals surface area contributed by atoms with Gasteiger partial charge in [0.1, 0.15) is 5.75 Å². The van der Waals surface area contributed by atoms with Crippen LogP contribution >= 0.6 is 15.9 Å². The van der Waals surface area contributed by atoms with Crippen LogP contribution in [0, 0.1) is 5.92 Å². The van der Waals surface area contributed by atoms with Crippen molar-refractivity contribution in [3.63, 3.8) is 0 Å². The molecular weight excluding hydrogens is 424 g/mol. The van der Waals surface area contributed by atoms with Crippen LogP contribution in [0.1, 0.15) is 35.1 Å². The highest BCUT2D eigenvalue weighted by molar-refractivity contribution is 9.10. The topological polar surface area (TPSA) is 44.6 Å². The molecule has 29 heavy (non-hydrogen) atoms. The van der Waals surface area contributed by atoms with Crippen LogP contribution in [-0.4, -0.2) is 11.3 Å². The Kier molecular flexibility index (Phi) is 4.72. The lowest BCUT2D eigenvalue weighted by atomic mass is 9.77. The predicted octanol–water partition coefficient (Wildman–Crippen LogP) is 6.73. The van der Waals surface area contributed by atoms with Crippen molar-refractivity contribution in [3.8, 4) is 5.75 Å². The van der Waals surface area contributed by atoms with Gasteiger partial charge in [-0.2, -0.15) is 0 Å². The Morgan fingerprint density at radius 1 is 1.03 bits per heavy atom. The number of aromatic hydroxyl groups is 1. The molecule has 1 heterocycles. The van der Waals surface area contributed by atoms with Gasteiger partial charge in [0, 0.05) is 27.9 Å². The highest BCUT2D eigenvalue weighted by Crippen LogP contribution is 2.49. The van der Waals surface area contributed by atoms with E-state index in [4.69, 9.17) is 0 Å². The number of hydrogen-bond donors (Lipinski definition) is 2. The molecule has 0 aromatic heterocycles. The van der Waals surface area contributed by atoms with E-state index in [1.165, 1.54) is 16.8 Å². The fourth-order valence-electron chi connectivity index (χ4n) is 4.41. The normalized spacial score (nSPS) is 22.3. The molecule has 0 unspecified atom stereocenters. The average Bonchev–Trinajstić information content (AvgIpc) is 3.24. The number of aliphatic imine (C=N–C) groups is 1. The third kappa shape index (κ3) is 3.49. The van der Waals surface area contributed by atoms with Crippen molar-refractivity contribution in [3.05, 3.63) is 100 Å². The summed E-state index contributed by atoms with van der Waals surface area (Å²) >= 11 is 3.43. The lowest BCUT2D eigenvalue weighted by molar-refractivity contribution is 0.425. The zero-order valence-electron chi connectivity index (χ0n) is 15.8. The number of halogens is 1. The molecule has 144 valence electrons. The van der Waals surface area contributed by atoms with E-state index in [9.17, 15) is 5.11 Å². The molecule has 0 amide bonds. The summed E-state index contributed by atoms with van der Waals surface area (Å²) in [6, 6.07) is 22.6. The number of rotatable bonds is 3. The Morgan fingerprint density at radius 3 is 2.72 bits per heavy atom. The maximum Gasteiger partial charge on any atom is 0.124 e. The zero-order valence-corrected chi connectivity index (χ0v) is 17.4. The van der Waals surface area contributed by atoms with Crippen molar-refractivity contribution >= 4 is 33.5 Å². The van der Waals surface area contributed by atoms with Crippen LogP contribution < -0.4 is 5.32 Å². The zero-order chi connectivity index (χ0) is 19.8. The predicted molar refractivity (Wildman–Crippen MR) is 122 cm³/mol. The summed E-state index contributed by atoms with van der Waals surface area (Å²) in [4.78, 5) is 4.53. The minimum absolute atomic E-state index is 0.221. The molecule has 3 aromatic rings. The van der Waals surface area contributed by atoms with Crippen molar-refractivity contribution in [2.24, 2.45) is 10.9 Å². The average molecular weight is 445 g/mol. The molecule has 2 N–H and O–H groups in total. The minimum Gasteiger partial charge on any atom is -0.507 e. The SMILES string of the molecule is Oc1ccc(Br)cc1C=Nc1ccc([C@@H]2Nc3ccccc3[C@H]3C=CC[C@H]32)cc1. The number of benzene rings is 3. The lowest BCUT2D eigenvalue weighted by Crippen LogP contribution is -2.28. The number of anilines is 1. The van der Waals surface area contributed by atoms with Crippen LogP contribution in [0.15, 0.2) is 88.3 Å². The van der Waals surface area contributed by atoms with E-state index < -0.39 is 0 Å². The van der Waals surface area contributed by atoms with Gasteiger partial charge in [-0.25, -0.2) is 0 Å². The number of nitrogens with zero attached hydrogens (tertiary/aromatic N) is 1. The first-order valence-corrected chi connectivity index (χ1v) is 10.6. The van der Waals surface area contributed by atoms with Gasteiger partial charge in [0.05, 0.1) is 11.7 Å². The van der Waals surface area contributed by atoms with Crippen LogP contribution in [0.5, 0.6) is 5.75 Å². The molecule has 4 heteroatoms. The summed E-state index contributed by atoms with van der Waals surface area (Å²) in [6.07, 6.45) is 7.47. The third-order valence-corrected chi connectivity index (χ3v) is 6.36. The molecule has 2 aliphatic rings. The molecule has 1 aliphatic carbocycles. The van der Waals surface area contributed by atoms with Gasteiger partial charge < -0.3 is 10.4 Å². The van der Waals surface area contributed by atoms with E-state index in [-0.39, 0.29) is 11.8 Å². The maximum atomic E-state index is 9.97. The fourth-order valence-corrected chi connectivity index (χ4v) is 4.79. The second-order valence-corrected chi connectivity index (χ2v) is 8.53. The lowest BCUT2D eigenvalue weighted by Gasteiger charge is -2.37. The third-order valence-electron chi connectivity index (χ3n) is 5.87. The Morgan fingerprint density at radius 2 is 1.86 bits per heavy atom. The Balaban J connectivity index is 1.39. The van der Waals surface area contributed by atoms with Crippen molar-refractivity contribution in [2.75, 3.05) is 5.32 Å². The molecule has 0 fully saturated rings. The van der Waals surface area contributed by atoms with Gasteiger partial charge in [0.15, 0.2) is 0 Å². The van der Waals surface area contributed by atoms with E-state index in [0.29, 0.717) is 17.4 Å². The molecule has 5 rings (SSSR count). The van der Waals surface area contributed by atoms with E-state index in [2.05, 4.69) is 74.8 Å². The van der Waals surface area contributed by atoms with Gasteiger partial charge in [-0.3, -0.25) is 4.99 Å². The second-order valence-electron chi connectivity index (χ2n) is 7.62. The summed E-state index contributed by atoms with van der Waals surface area (Å²) in [6.45, 7) is 0. The Hall–Kier alpha value is -2.85. The smallest absolute Gasteiger partial charge is 0.124 e. The summed E-state index contributed by atoms with van der Waals surface area (Å²) in [7, 11) is 0. The molecule has 1 aliphatic heterocycles. The molecule has 3 nitrogen and oxygen atoms in total. The van der Waals surface area contributed by atoms with Crippen LogP contribution in [0.3, 0.4) is 0 Å². The van der Waals surface area contributed by atoms with Gasteiger partial charge >= 0.3 is 0 Å². The molecule has 0 saturated carbocycles. The highest BCUT2D eigenvalue weighted by atomic mass is 79.9. The quantitative estimate of drug-likeness (QED) is 0.347. The molecule has 0 bridgehead atoms. The number of fused-ring (bicyclic) bond motifs is 3. The number of para-hydroxylation sites is 1. The summed E-state index contributed by atoms with van der Waals surface area (Å²) in [5.74, 6) is 1.24. The first kappa shape index (κ1) is 18.2. The first-order valence-electron chi connectivity index (χ1n) is 9.84. The molecule has 0 spiro atoms. The van der Waals surface area contributed by atoms with Gasteiger partial charge in [-0.15, -0.1) is 0 Å². The molecule has 3 atom stereocenters. The van der Waals surface area contributed by atoms with E-state index in [0.717, 1.165) is 16.6 Å². The van der Waals surface area contributed by atoms with Gasteiger partial charge in [0.25, 0.3) is 0 Å². The first-order chi connectivity index (χ1) is 14.2. The molecule has 0 saturated heterocycles. The van der Waals surface area contributed by atoms with E-state index in [1.54, 1.807) is 12.3 Å².